The summed E-state index contributed by atoms with van der Waals surface area (Å²) in [5.74, 6) is -0.359. The number of carbonyl (C=O) groups excluding carboxylic acids is 2. The van der Waals surface area contributed by atoms with E-state index < -0.39 is 16.1 Å². The Hall–Kier alpha value is -3.69. The standard InChI is InChI=1S/C28H30N4O4S/c1-20-7-10-23(11-8-20)31-15-17-32(18-16-31)28(34)27(21-5-3-2-4-6-21)30-37(35,36)24-12-13-25-22(19-24)9-14-26(33)29-25/h2-8,10-13,19,27,30H,9,14-18H2,1H3,(H,29,33). The molecule has 9 heteroatoms. The zero-order valence-corrected chi connectivity index (χ0v) is 21.5. The number of sulfonamides is 1. The molecule has 0 bridgehead atoms. The van der Waals surface area contributed by atoms with Gasteiger partial charge in [0.2, 0.25) is 21.8 Å². The van der Waals surface area contributed by atoms with Gasteiger partial charge >= 0.3 is 0 Å². The molecule has 192 valence electrons. The van der Waals surface area contributed by atoms with Crippen molar-refractivity contribution in [1.29, 1.82) is 0 Å². The first-order chi connectivity index (χ1) is 17.8. The fraction of sp³-hybridized carbons (Fsp3) is 0.286. The summed E-state index contributed by atoms with van der Waals surface area (Å²) < 4.78 is 29.5. The van der Waals surface area contributed by atoms with E-state index in [1.54, 1.807) is 41.3 Å². The monoisotopic (exact) mass is 518 g/mol. The molecule has 5 rings (SSSR count). The van der Waals surface area contributed by atoms with Gasteiger partial charge in [-0.3, -0.25) is 9.59 Å². The van der Waals surface area contributed by atoms with Gasteiger partial charge in [-0.1, -0.05) is 48.0 Å². The Bertz CT molecular complexity index is 1400. The largest absolute Gasteiger partial charge is 0.368 e. The third kappa shape index (κ3) is 5.52. The van der Waals surface area contributed by atoms with Crippen LogP contribution in [0.5, 0.6) is 0 Å². The highest BCUT2D eigenvalue weighted by molar-refractivity contribution is 7.89. The van der Waals surface area contributed by atoms with Crippen molar-refractivity contribution < 1.29 is 18.0 Å². The molecule has 2 amide bonds. The quantitative estimate of drug-likeness (QED) is 0.522. The molecule has 1 fully saturated rings. The van der Waals surface area contributed by atoms with E-state index in [9.17, 15) is 18.0 Å². The van der Waals surface area contributed by atoms with Crippen LogP contribution in [0, 0.1) is 6.92 Å². The lowest BCUT2D eigenvalue weighted by atomic mass is 10.0. The summed E-state index contributed by atoms with van der Waals surface area (Å²) in [4.78, 5) is 29.4. The second kappa shape index (κ2) is 10.4. The number of rotatable bonds is 6. The molecule has 2 aliphatic rings. The van der Waals surface area contributed by atoms with Crippen LogP contribution >= 0.6 is 0 Å². The van der Waals surface area contributed by atoms with Gasteiger partial charge in [0.25, 0.3) is 0 Å². The second-order valence-corrected chi connectivity index (χ2v) is 11.2. The van der Waals surface area contributed by atoms with Crippen LogP contribution in [0.25, 0.3) is 0 Å². The number of hydrogen-bond donors (Lipinski definition) is 2. The number of anilines is 2. The van der Waals surface area contributed by atoms with Gasteiger partial charge in [0.1, 0.15) is 6.04 Å². The fourth-order valence-corrected chi connectivity index (χ4v) is 6.01. The van der Waals surface area contributed by atoms with Gasteiger partial charge in [0, 0.05) is 44.0 Å². The number of nitrogens with zero attached hydrogens (tertiary/aromatic N) is 2. The first-order valence-corrected chi connectivity index (χ1v) is 13.9. The molecule has 1 unspecified atom stereocenters. The average Bonchev–Trinajstić information content (AvgIpc) is 2.92. The number of benzene rings is 3. The lowest BCUT2D eigenvalue weighted by Gasteiger charge is -2.37. The van der Waals surface area contributed by atoms with Crippen LogP contribution in [-0.2, 0) is 26.0 Å². The minimum Gasteiger partial charge on any atom is -0.368 e. The SMILES string of the molecule is Cc1ccc(N2CCN(C(=O)C(NS(=O)(=O)c3ccc4c(c3)CCC(=O)N4)c3ccccc3)CC2)cc1. The van der Waals surface area contributed by atoms with Gasteiger partial charge in [-0.05, 0) is 54.8 Å². The maximum absolute atomic E-state index is 13.7. The summed E-state index contributed by atoms with van der Waals surface area (Å²) >= 11 is 0. The lowest BCUT2D eigenvalue weighted by Crippen LogP contribution is -2.52. The molecule has 37 heavy (non-hydrogen) atoms. The summed E-state index contributed by atoms with van der Waals surface area (Å²) in [5, 5.41) is 2.77. The van der Waals surface area contributed by atoms with Crippen LogP contribution in [0.3, 0.4) is 0 Å². The van der Waals surface area contributed by atoms with Crippen molar-refractivity contribution in [2.75, 3.05) is 36.4 Å². The van der Waals surface area contributed by atoms with E-state index >= 15 is 0 Å². The van der Waals surface area contributed by atoms with Crippen LogP contribution in [0.15, 0.2) is 77.7 Å². The molecule has 3 aromatic rings. The number of amides is 2. The van der Waals surface area contributed by atoms with E-state index in [2.05, 4.69) is 39.2 Å². The number of nitrogens with one attached hydrogen (secondary N) is 2. The molecule has 2 N–H and O–H groups in total. The predicted octanol–water partition coefficient (Wildman–Crippen LogP) is 3.25. The highest BCUT2D eigenvalue weighted by Gasteiger charge is 2.33. The van der Waals surface area contributed by atoms with Crippen molar-refractivity contribution >= 4 is 33.2 Å². The summed E-state index contributed by atoms with van der Waals surface area (Å²) in [7, 11) is -4.02. The Morgan fingerprint density at radius 2 is 1.62 bits per heavy atom. The van der Waals surface area contributed by atoms with E-state index in [1.807, 2.05) is 13.0 Å². The number of hydrogen-bond acceptors (Lipinski definition) is 5. The molecule has 0 saturated carbocycles. The third-order valence-electron chi connectivity index (χ3n) is 6.93. The Morgan fingerprint density at radius 3 is 2.32 bits per heavy atom. The maximum atomic E-state index is 13.7. The van der Waals surface area contributed by atoms with E-state index in [0.717, 1.165) is 11.3 Å². The van der Waals surface area contributed by atoms with Crippen LogP contribution in [0.1, 0.15) is 29.2 Å². The molecule has 3 aromatic carbocycles. The molecule has 0 aromatic heterocycles. The Morgan fingerprint density at radius 1 is 0.919 bits per heavy atom. The van der Waals surface area contributed by atoms with Crippen LogP contribution in [-0.4, -0.2) is 51.3 Å². The molecule has 2 heterocycles. The van der Waals surface area contributed by atoms with Crippen LogP contribution < -0.4 is 14.9 Å². The van der Waals surface area contributed by atoms with Gasteiger partial charge < -0.3 is 15.1 Å². The lowest BCUT2D eigenvalue weighted by molar-refractivity contribution is -0.133. The molecule has 1 saturated heterocycles. The summed E-state index contributed by atoms with van der Waals surface area (Å²) in [6.07, 6.45) is 0.778. The maximum Gasteiger partial charge on any atom is 0.245 e. The zero-order chi connectivity index (χ0) is 26.0. The predicted molar refractivity (Wildman–Crippen MR) is 143 cm³/mol. The van der Waals surface area contributed by atoms with Crippen molar-refractivity contribution in [1.82, 2.24) is 9.62 Å². The number of aryl methyl sites for hydroxylation is 2. The van der Waals surface area contributed by atoms with Gasteiger partial charge in [-0.2, -0.15) is 4.72 Å². The van der Waals surface area contributed by atoms with Crippen molar-refractivity contribution in [2.45, 2.75) is 30.7 Å². The van der Waals surface area contributed by atoms with Crippen molar-refractivity contribution in [3.05, 3.63) is 89.5 Å². The first kappa shape index (κ1) is 25.0. The van der Waals surface area contributed by atoms with E-state index in [0.29, 0.717) is 50.3 Å². The Labute approximate surface area is 217 Å². The summed E-state index contributed by atoms with van der Waals surface area (Å²) in [6, 6.07) is 20.8. The molecular formula is C28H30N4O4S. The van der Waals surface area contributed by atoms with Gasteiger partial charge in [0.15, 0.2) is 0 Å². The van der Waals surface area contributed by atoms with Crippen molar-refractivity contribution in [3.63, 3.8) is 0 Å². The zero-order valence-electron chi connectivity index (χ0n) is 20.7. The van der Waals surface area contributed by atoms with Crippen LogP contribution in [0.2, 0.25) is 0 Å². The minimum atomic E-state index is -4.02. The van der Waals surface area contributed by atoms with Crippen molar-refractivity contribution in [3.8, 4) is 0 Å². The first-order valence-electron chi connectivity index (χ1n) is 12.4. The molecule has 0 radical (unpaired) electrons. The smallest absolute Gasteiger partial charge is 0.245 e. The number of carbonyl (C=O) groups is 2. The highest BCUT2D eigenvalue weighted by Crippen LogP contribution is 2.27. The second-order valence-electron chi connectivity index (χ2n) is 9.48. The average molecular weight is 519 g/mol. The van der Waals surface area contributed by atoms with E-state index in [4.69, 9.17) is 0 Å². The number of piperazine rings is 1. The molecule has 0 spiro atoms. The molecule has 2 aliphatic heterocycles. The topological polar surface area (TPSA) is 98.8 Å². The molecule has 8 nitrogen and oxygen atoms in total. The Kier molecular flexibility index (Phi) is 6.99. The summed E-state index contributed by atoms with van der Waals surface area (Å²) in [6.45, 7) is 4.37. The van der Waals surface area contributed by atoms with Gasteiger partial charge in [-0.15, -0.1) is 0 Å². The van der Waals surface area contributed by atoms with Gasteiger partial charge in [0.05, 0.1) is 4.90 Å². The molecule has 0 aliphatic carbocycles. The van der Waals surface area contributed by atoms with Crippen molar-refractivity contribution in [2.24, 2.45) is 0 Å². The summed E-state index contributed by atoms with van der Waals surface area (Å²) in [5.41, 5.74) is 4.28. The third-order valence-corrected chi connectivity index (χ3v) is 8.35. The fourth-order valence-electron chi connectivity index (χ4n) is 4.78. The minimum absolute atomic E-state index is 0.0697. The van der Waals surface area contributed by atoms with Crippen LogP contribution in [0.4, 0.5) is 11.4 Å². The molecule has 1 atom stereocenters. The highest BCUT2D eigenvalue weighted by atomic mass is 32.2. The van der Waals surface area contributed by atoms with Gasteiger partial charge in [-0.25, -0.2) is 8.42 Å². The van der Waals surface area contributed by atoms with E-state index in [1.165, 1.54) is 11.6 Å². The number of fused-ring (bicyclic) bond motifs is 1. The Balaban J connectivity index is 1.35. The normalized spacial score (nSPS) is 16.6. The van der Waals surface area contributed by atoms with E-state index in [-0.39, 0.29) is 16.7 Å². The molecular weight excluding hydrogens is 488 g/mol.